The Hall–Kier alpha value is -0.890. The van der Waals surface area contributed by atoms with Gasteiger partial charge < -0.3 is 4.79 Å². The highest BCUT2D eigenvalue weighted by Gasteiger charge is 1.86. The summed E-state index contributed by atoms with van der Waals surface area (Å²) >= 11 is 5.40. The molecule has 12 heavy (non-hydrogen) atoms. The number of aldehydes is 1. The Morgan fingerprint density at radius 2 is 2.17 bits per heavy atom. The van der Waals surface area contributed by atoms with Crippen molar-refractivity contribution < 1.29 is 9.18 Å². The standard InChI is InChI=1S/C6H4ClF.C3H6O/c7-5-2-1-3-6(8)4-5;1-2-3-4/h1-4H;3H,2H2,1H3. The third-order valence-electron chi connectivity index (χ3n) is 0.953. The summed E-state index contributed by atoms with van der Waals surface area (Å²) in [4.78, 5) is 9.17. The van der Waals surface area contributed by atoms with Crippen LogP contribution in [0.4, 0.5) is 4.39 Å². The van der Waals surface area contributed by atoms with Crippen molar-refractivity contribution in [2.75, 3.05) is 0 Å². The smallest absolute Gasteiger partial charge is 0.124 e. The van der Waals surface area contributed by atoms with E-state index in [1.807, 2.05) is 6.92 Å². The maximum Gasteiger partial charge on any atom is 0.124 e. The summed E-state index contributed by atoms with van der Waals surface area (Å²) in [5.74, 6) is -0.294. The lowest BCUT2D eigenvalue weighted by Gasteiger charge is -1.85. The molecule has 3 heteroatoms. The topological polar surface area (TPSA) is 17.1 Å². The first-order valence-electron chi connectivity index (χ1n) is 3.55. The fourth-order valence-electron chi connectivity index (χ4n) is 0.460. The van der Waals surface area contributed by atoms with Crippen molar-refractivity contribution in [3.05, 3.63) is 35.1 Å². The zero-order valence-corrected chi connectivity index (χ0v) is 7.51. The van der Waals surface area contributed by atoms with Crippen LogP contribution in [0.3, 0.4) is 0 Å². The SMILES string of the molecule is CCC=O.Fc1cccc(Cl)c1. The second-order valence-electron chi connectivity index (χ2n) is 2.01. The van der Waals surface area contributed by atoms with Gasteiger partial charge in [0.25, 0.3) is 0 Å². The van der Waals surface area contributed by atoms with Gasteiger partial charge in [0.1, 0.15) is 12.1 Å². The maximum absolute atomic E-state index is 12.1. The van der Waals surface area contributed by atoms with Gasteiger partial charge in [-0.1, -0.05) is 24.6 Å². The molecule has 0 fully saturated rings. The molecule has 1 nitrogen and oxygen atoms in total. The van der Waals surface area contributed by atoms with E-state index in [2.05, 4.69) is 0 Å². The Kier molecular flexibility index (Phi) is 6.29. The second kappa shape index (κ2) is 6.80. The van der Waals surface area contributed by atoms with Crippen LogP contribution < -0.4 is 0 Å². The Morgan fingerprint density at radius 1 is 1.58 bits per heavy atom. The molecule has 0 N–H and O–H groups in total. The molecule has 0 aliphatic heterocycles. The molecule has 0 aromatic heterocycles. The summed E-state index contributed by atoms with van der Waals surface area (Å²) in [5, 5.41) is 0.435. The lowest BCUT2D eigenvalue weighted by atomic mass is 10.4. The molecule has 0 bridgehead atoms. The van der Waals surface area contributed by atoms with Gasteiger partial charge in [-0.05, 0) is 18.2 Å². The van der Waals surface area contributed by atoms with E-state index in [0.717, 1.165) is 6.29 Å². The van der Waals surface area contributed by atoms with E-state index in [9.17, 15) is 9.18 Å². The zero-order chi connectivity index (χ0) is 9.40. The van der Waals surface area contributed by atoms with Crippen molar-refractivity contribution in [3.8, 4) is 0 Å². The minimum atomic E-state index is -0.294. The minimum absolute atomic E-state index is 0.294. The van der Waals surface area contributed by atoms with Crippen LogP contribution in [0.2, 0.25) is 5.02 Å². The predicted octanol–water partition coefficient (Wildman–Crippen LogP) is 3.07. The van der Waals surface area contributed by atoms with E-state index in [0.29, 0.717) is 11.4 Å². The lowest BCUT2D eigenvalue weighted by molar-refractivity contribution is -0.107. The van der Waals surface area contributed by atoms with Crippen molar-refractivity contribution >= 4 is 17.9 Å². The molecular formula is C9H10ClFO. The van der Waals surface area contributed by atoms with Crippen LogP contribution in [-0.2, 0) is 4.79 Å². The van der Waals surface area contributed by atoms with E-state index >= 15 is 0 Å². The van der Waals surface area contributed by atoms with E-state index in [-0.39, 0.29) is 5.82 Å². The first-order valence-corrected chi connectivity index (χ1v) is 3.93. The van der Waals surface area contributed by atoms with Crippen LogP contribution in [0.15, 0.2) is 24.3 Å². The quantitative estimate of drug-likeness (QED) is 0.619. The van der Waals surface area contributed by atoms with Gasteiger partial charge in [0.2, 0.25) is 0 Å². The fourth-order valence-corrected chi connectivity index (χ4v) is 0.637. The van der Waals surface area contributed by atoms with Crippen molar-refractivity contribution in [1.82, 2.24) is 0 Å². The summed E-state index contributed by atoms with van der Waals surface area (Å²) in [7, 11) is 0. The van der Waals surface area contributed by atoms with Crippen LogP contribution in [-0.4, -0.2) is 6.29 Å². The van der Waals surface area contributed by atoms with Crippen molar-refractivity contribution in [1.29, 1.82) is 0 Å². The molecular weight excluding hydrogens is 179 g/mol. The molecule has 0 spiro atoms. The Balaban J connectivity index is 0.000000261. The van der Waals surface area contributed by atoms with Crippen LogP contribution in [0, 0.1) is 5.82 Å². The van der Waals surface area contributed by atoms with E-state index in [1.165, 1.54) is 12.1 Å². The van der Waals surface area contributed by atoms with Gasteiger partial charge >= 0.3 is 0 Å². The monoisotopic (exact) mass is 188 g/mol. The second-order valence-corrected chi connectivity index (χ2v) is 2.45. The number of rotatable bonds is 1. The van der Waals surface area contributed by atoms with Crippen molar-refractivity contribution in [2.45, 2.75) is 13.3 Å². The molecule has 0 saturated carbocycles. The Bertz CT molecular complexity index is 220. The highest BCUT2D eigenvalue weighted by Crippen LogP contribution is 2.07. The highest BCUT2D eigenvalue weighted by atomic mass is 35.5. The number of carbonyl (C=O) groups excluding carboxylic acids is 1. The van der Waals surface area contributed by atoms with Crippen LogP contribution in [0.1, 0.15) is 13.3 Å². The summed E-state index contributed by atoms with van der Waals surface area (Å²) in [6.45, 7) is 1.81. The molecule has 0 atom stereocenters. The van der Waals surface area contributed by atoms with E-state index < -0.39 is 0 Å². The summed E-state index contributed by atoms with van der Waals surface area (Å²) in [6.07, 6.45) is 1.51. The Labute approximate surface area is 76.2 Å². The van der Waals surface area contributed by atoms with Crippen molar-refractivity contribution in [2.24, 2.45) is 0 Å². The first-order chi connectivity index (χ1) is 5.70. The molecule has 0 aliphatic carbocycles. The predicted molar refractivity (Wildman–Crippen MR) is 47.8 cm³/mol. The minimum Gasteiger partial charge on any atom is -0.303 e. The molecule has 1 aromatic rings. The van der Waals surface area contributed by atoms with Crippen LogP contribution in [0.5, 0.6) is 0 Å². The van der Waals surface area contributed by atoms with Gasteiger partial charge in [-0.15, -0.1) is 0 Å². The van der Waals surface area contributed by atoms with Gasteiger partial charge in [-0.25, -0.2) is 4.39 Å². The largest absolute Gasteiger partial charge is 0.303 e. The number of benzene rings is 1. The molecule has 1 rings (SSSR count). The zero-order valence-electron chi connectivity index (χ0n) is 6.76. The summed E-state index contributed by atoms with van der Waals surface area (Å²) in [6, 6.07) is 5.82. The third kappa shape index (κ3) is 5.86. The van der Waals surface area contributed by atoms with E-state index in [4.69, 9.17) is 11.6 Å². The summed E-state index contributed by atoms with van der Waals surface area (Å²) in [5.41, 5.74) is 0. The highest BCUT2D eigenvalue weighted by molar-refractivity contribution is 6.30. The number of carbonyl (C=O) groups is 1. The number of halogens is 2. The van der Waals surface area contributed by atoms with Gasteiger partial charge in [-0.3, -0.25) is 0 Å². The summed E-state index contributed by atoms with van der Waals surface area (Å²) < 4.78 is 12.1. The molecule has 0 heterocycles. The lowest BCUT2D eigenvalue weighted by Crippen LogP contribution is -1.68. The van der Waals surface area contributed by atoms with Crippen LogP contribution in [0.25, 0.3) is 0 Å². The fraction of sp³-hybridized carbons (Fsp3) is 0.222. The molecule has 0 amide bonds. The molecule has 0 aliphatic rings. The maximum atomic E-state index is 12.1. The van der Waals surface area contributed by atoms with Crippen LogP contribution >= 0.6 is 11.6 Å². The number of hydrogen-bond donors (Lipinski definition) is 0. The van der Waals surface area contributed by atoms with Gasteiger partial charge in [0, 0.05) is 11.4 Å². The Morgan fingerprint density at radius 3 is 2.42 bits per heavy atom. The van der Waals surface area contributed by atoms with Gasteiger partial charge in [0.05, 0.1) is 0 Å². The third-order valence-corrected chi connectivity index (χ3v) is 1.19. The molecule has 1 aromatic carbocycles. The first kappa shape index (κ1) is 11.1. The molecule has 66 valence electrons. The van der Waals surface area contributed by atoms with Gasteiger partial charge in [0.15, 0.2) is 0 Å². The average Bonchev–Trinajstić information content (AvgIpc) is 2.04. The van der Waals surface area contributed by atoms with E-state index in [1.54, 1.807) is 12.1 Å². The molecule has 0 radical (unpaired) electrons. The average molecular weight is 189 g/mol. The van der Waals surface area contributed by atoms with Gasteiger partial charge in [-0.2, -0.15) is 0 Å². The molecule has 0 saturated heterocycles. The molecule has 0 unspecified atom stereocenters. The van der Waals surface area contributed by atoms with Crippen molar-refractivity contribution in [3.63, 3.8) is 0 Å². The number of hydrogen-bond acceptors (Lipinski definition) is 1. The normalized spacial score (nSPS) is 8.25.